The van der Waals surface area contributed by atoms with Crippen molar-refractivity contribution in [1.82, 2.24) is 10.7 Å². The molecule has 0 bridgehead atoms. The number of amides is 2. The van der Waals surface area contributed by atoms with Gasteiger partial charge in [-0.3, -0.25) is 9.59 Å². The Bertz CT molecular complexity index is 525. The van der Waals surface area contributed by atoms with Crippen LogP contribution in [0.25, 0.3) is 0 Å². The van der Waals surface area contributed by atoms with Crippen LogP contribution in [0, 0.1) is 5.92 Å². The molecule has 0 saturated carbocycles. The normalized spacial score (nSPS) is 10.9. The van der Waals surface area contributed by atoms with E-state index < -0.39 is 5.91 Å². The van der Waals surface area contributed by atoms with Crippen LogP contribution in [-0.2, 0) is 9.59 Å². The van der Waals surface area contributed by atoms with E-state index in [0.29, 0.717) is 28.1 Å². The van der Waals surface area contributed by atoms with Crippen molar-refractivity contribution in [3.05, 3.63) is 33.8 Å². The van der Waals surface area contributed by atoms with E-state index in [-0.39, 0.29) is 12.3 Å². The van der Waals surface area contributed by atoms with Crippen molar-refractivity contribution in [2.24, 2.45) is 11.0 Å². The first kappa shape index (κ1) is 17.5. The van der Waals surface area contributed by atoms with Crippen LogP contribution in [-0.4, -0.2) is 24.6 Å². The summed E-state index contributed by atoms with van der Waals surface area (Å²) in [5.41, 5.74) is 2.76. The number of rotatable bonds is 6. The van der Waals surface area contributed by atoms with Gasteiger partial charge in [0.05, 0.1) is 16.3 Å². The minimum absolute atomic E-state index is 0.277. The third kappa shape index (κ3) is 6.60. The standard InChI is InChI=1S/C14H17Cl2N3O2/c1-9(2)7-17-13(20)6-14(21)19-18-8-10-11(15)4-3-5-12(10)16/h3-5,8-9H,6-7H2,1-2H3,(H,17,20)(H,19,21)/b18-8-. The lowest BCUT2D eigenvalue weighted by Gasteiger charge is -2.06. The number of hydrogen-bond acceptors (Lipinski definition) is 3. The molecule has 1 aromatic rings. The first-order valence-electron chi connectivity index (χ1n) is 6.42. The van der Waals surface area contributed by atoms with Gasteiger partial charge in [-0.15, -0.1) is 0 Å². The predicted octanol–water partition coefficient (Wildman–Crippen LogP) is 2.61. The van der Waals surface area contributed by atoms with Crippen LogP contribution in [0.4, 0.5) is 0 Å². The van der Waals surface area contributed by atoms with E-state index in [0.717, 1.165) is 0 Å². The Morgan fingerprint density at radius 2 is 1.86 bits per heavy atom. The first-order chi connectivity index (χ1) is 9.90. The van der Waals surface area contributed by atoms with Crippen LogP contribution in [0.1, 0.15) is 25.8 Å². The van der Waals surface area contributed by atoms with Crippen molar-refractivity contribution in [3.8, 4) is 0 Å². The maximum Gasteiger partial charge on any atom is 0.249 e. The monoisotopic (exact) mass is 329 g/mol. The number of nitrogens with one attached hydrogen (secondary N) is 2. The second-order valence-corrected chi connectivity index (χ2v) is 5.62. The summed E-state index contributed by atoms with van der Waals surface area (Å²) in [5.74, 6) is -0.514. The number of benzene rings is 1. The number of nitrogens with zero attached hydrogens (tertiary/aromatic N) is 1. The molecule has 1 rings (SSSR count). The molecule has 0 atom stereocenters. The molecule has 7 heteroatoms. The summed E-state index contributed by atoms with van der Waals surface area (Å²) >= 11 is 11.9. The topological polar surface area (TPSA) is 70.6 Å². The van der Waals surface area contributed by atoms with Gasteiger partial charge in [0.1, 0.15) is 6.42 Å². The molecular formula is C14H17Cl2N3O2. The molecule has 0 heterocycles. The number of carbonyl (C=O) groups is 2. The van der Waals surface area contributed by atoms with E-state index in [9.17, 15) is 9.59 Å². The molecule has 1 aromatic carbocycles. The Kier molecular flexibility index (Phi) is 7.19. The van der Waals surface area contributed by atoms with Gasteiger partial charge in [-0.2, -0.15) is 5.10 Å². The lowest BCUT2D eigenvalue weighted by Crippen LogP contribution is -2.32. The maximum absolute atomic E-state index is 11.5. The van der Waals surface area contributed by atoms with Crippen LogP contribution in [0.15, 0.2) is 23.3 Å². The van der Waals surface area contributed by atoms with E-state index in [1.165, 1.54) is 6.21 Å². The van der Waals surface area contributed by atoms with Gasteiger partial charge in [-0.05, 0) is 18.1 Å². The van der Waals surface area contributed by atoms with Gasteiger partial charge in [0.25, 0.3) is 0 Å². The van der Waals surface area contributed by atoms with Gasteiger partial charge in [0.2, 0.25) is 11.8 Å². The molecule has 2 amide bonds. The molecule has 2 N–H and O–H groups in total. The highest BCUT2D eigenvalue weighted by Gasteiger charge is 2.09. The number of hydrogen-bond donors (Lipinski definition) is 2. The fraction of sp³-hybridized carbons (Fsp3) is 0.357. The Hall–Kier alpha value is -1.59. The summed E-state index contributed by atoms with van der Waals surface area (Å²) < 4.78 is 0. The quantitative estimate of drug-likeness (QED) is 0.478. The maximum atomic E-state index is 11.5. The smallest absolute Gasteiger partial charge is 0.249 e. The third-order valence-corrected chi connectivity index (χ3v) is 3.07. The van der Waals surface area contributed by atoms with Gasteiger partial charge < -0.3 is 5.32 Å². The molecule has 0 fully saturated rings. The van der Waals surface area contributed by atoms with Gasteiger partial charge >= 0.3 is 0 Å². The summed E-state index contributed by atoms with van der Waals surface area (Å²) in [6, 6.07) is 5.03. The second-order valence-electron chi connectivity index (χ2n) is 4.80. The Morgan fingerprint density at radius 3 is 2.43 bits per heavy atom. The minimum atomic E-state index is -0.504. The molecule has 0 unspecified atom stereocenters. The number of hydrazone groups is 1. The zero-order valence-corrected chi connectivity index (χ0v) is 13.3. The summed E-state index contributed by atoms with van der Waals surface area (Å²) in [6.45, 7) is 4.47. The highest BCUT2D eigenvalue weighted by atomic mass is 35.5. The molecule has 21 heavy (non-hydrogen) atoms. The van der Waals surface area contributed by atoms with E-state index in [1.54, 1.807) is 18.2 Å². The summed E-state index contributed by atoms with van der Waals surface area (Å²) in [4.78, 5) is 22.9. The highest BCUT2D eigenvalue weighted by Crippen LogP contribution is 2.21. The summed E-state index contributed by atoms with van der Waals surface area (Å²) in [7, 11) is 0. The predicted molar refractivity (Wildman–Crippen MR) is 84.7 cm³/mol. The third-order valence-electron chi connectivity index (χ3n) is 2.41. The summed E-state index contributed by atoms with van der Waals surface area (Å²) in [5, 5.41) is 7.24. The highest BCUT2D eigenvalue weighted by molar-refractivity contribution is 6.38. The molecule has 0 aliphatic heterocycles. The van der Waals surface area contributed by atoms with Gasteiger partial charge in [0, 0.05) is 12.1 Å². The molecule has 0 aliphatic rings. The number of halogens is 2. The minimum Gasteiger partial charge on any atom is -0.355 e. The van der Waals surface area contributed by atoms with Crippen LogP contribution in [0.2, 0.25) is 10.0 Å². The SMILES string of the molecule is CC(C)CNC(=O)CC(=O)N/N=C\c1c(Cl)cccc1Cl. The molecule has 0 radical (unpaired) electrons. The van der Waals surface area contributed by atoms with Crippen molar-refractivity contribution in [3.63, 3.8) is 0 Å². The molecule has 114 valence electrons. The zero-order chi connectivity index (χ0) is 15.8. The summed E-state index contributed by atoms with van der Waals surface area (Å²) in [6.07, 6.45) is 1.06. The zero-order valence-electron chi connectivity index (χ0n) is 11.8. The van der Waals surface area contributed by atoms with E-state index in [2.05, 4.69) is 15.8 Å². The van der Waals surface area contributed by atoms with Crippen LogP contribution < -0.4 is 10.7 Å². The van der Waals surface area contributed by atoms with Crippen LogP contribution in [0.5, 0.6) is 0 Å². The first-order valence-corrected chi connectivity index (χ1v) is 7.18. The molecule has 0 saturated heterocycles. The van der Waals surface area contributed by atoms with Gasteiger partial charge in [0.15, 0.2) is 0 Å². The van der Waals surface area contributed by atoms with E-state index in [1.807, 2.05) is 13.8 Å². The van der Waals surface area contributed by atoms with E-state index in [4.69, 9.17) is 23.2 Å². The van der Waals surface area contributed by atoms with Crippen molar-refractivity contribution in [1.29, 1.82) is 0 Å². The lowest BCUT2D eigenvalue weighted by atomic mass is 10.2. The van der Waals surface area contributed by atoms with Crippen LogP contribution in [0.3, 0.4) is 0 Å². The van der Waals surface area contributed by atoms with Crippen LogP contribution >= 0.6 is 23.2 Å². The fourth-order valence-electron chi connectivity index (χ4n) is 1.37. The molecular weight excluding hydrogens is 313 g/mol. The fourth-order valence-corrected chi connectivity index (χ4v) is 1.86. The molecule has 0 aromatic heterocycles. The van der Waals surface area contributed by atoms with Gasteiger partial charge in [-0.1, -0.05) is 43.1 Å². The lowest BCUT2D eigenvalue weighted by molar-refractivity contribution is -0.129. The van der Waals surface area contributed by atoms with E-state index >= 15 is 0 Å². The Morgan fingerprint density at radius 1 is 1.24 bits per heavy atom. The molecule has 5 nitrogen and oxygen atoms in total. The largest absolute Gasteiger partial charge is 0.355 e. The number of carbonyl (C=O) groups excluding carboxylic acids is 2. The average molecular weight is 330 g/mol. The van der Waals surface area contributed by atoms with Gasteiger partial charge in [-0.25, -0.2) is 5.43 Å². The second kappa shape index (κ2) is 8.64. The Balaban J connectivity index is 2.46. The van der Waals surface area contributed by atoms with Crippen molar-refractivity contribution >= 4 is 41.2 Å². The molecule has 0 spiro atoms. The van der Waals surface area contributed by atoms with Crippen molar-refractivity contribution in [2.75, 3.05) is 6.54 Å². The molecule has 0 aliphatic carbocycles. The van der Waals surface area contributed by atoms with Crippen molar-refractivity contribution in [2.45, 2.75) is 20.3 Å². The Labute approximate surface area is 133 Å². The van der Waals surface area contributed by atoms with Crippen molar-refractivity contribution < 1.29 is 9.59 Å². The average Bonchev–Trinajstić information content (AvgIpc) is 2.40.